The molecule has 1 N–H and O–H groups in total. The minimum absolute atomic E-state index is 0.0615. The lowest BCUT2D eigenvalue weighted by Crippen LogP contribution is -2.05. The molecule has 0 atom stereocenters. The van der Waals surface area contributed by atoms with E-state index in [0.29, 0.717) is 22.9 Å². The van der Waals surface area contributed by atoms with E-state index in [2.05, 4.69) is 9.97 Å². The number of thiazole rings is 1. The molecule has 0 fully saturated rings. The van der Waals surface area contributed by atoms with Gasteiger partial charge in [0.05, 0.1) is 6.20 Å². The van der Waals surface area contributed by atoms with Gasteiger partial charge in [-0.05, 0) is 23.6 Å². The van der Waals surface area contributed by atoms with Gasteiger partial charge in [-0.3, -0.25) is 4.79 Å². The van der Waals surface area contributed by atoms with Crippen LogP contribution in [-0.2, 0) is 6.18 Å². The third-order valence-corrected chi connectivity index (χ3v) is 3.95. The SMILES string of the molecule is O=c1[nH]ccc2cc(-c3ncc(C(F)(F)F)s3)c(F)cc12. The summed E-state index contributed by atoms with van der Waals surface area (Å²) >= 11 is 0.358. The van der Waals surface area contributed by atoms with Crippen LogP contribution < -0.4 is 5.56 Å². The Hall–Kier alpha value is -2.22. The highest BCUT2D eigenvalue weighted by Crippen LogP contribution is 2.37. The van der Waals surface area contributed by atoms with Crippen LogP contribution in [0.25, 0.3) is 21.3 Å². The summed E-state index contributed by atoms with van der Waals surface area (Å²) in [7, 11) is 0. The van der Waals surface area contributed by atoms with Gasteiger partial charge in [0.1, 0.15) is 15.7 Å². The molecule has 0 aliphatic heterocycles. The molecule has 2 heterocycles. The molecule has 8 heteroatoms. The summed E-state index contributed by atoms with van der Waals surface area (Å²) in [5, 5.41) is 0.479. The lowest BCUT2D eigenvalue weighted by molar-refractivity contribution is -0.134. The average Bonchev–Trinajstić information content (AvgIpc) is 2.88. The number of aromatic amines is 1. The van der Waals surface area contributed by atoms with Gasteiger partial charge < -0.3 is 4.98 Å². The third-order valence-electron chi connectivity index (χ3n) is 2.88. The Bertz CT molecular complexity index is 882. The first kappa shape index (κ1) is 13.7. The Labute approximate surface area is 118 Å². The highest BCUT2D eigenvalue weighted by atomic mass is 32.1. The van der Waals surface area contributed by atoms with E-state index in [-0.39, 0.29) is 16.0 Å². The van der Waals surface area contributed by atoms with E-state index in [9.17, 15) is 22.4 Å². The van der Waals surface area contributed by atoms with Gasteiger partial charge in [-0.25, -0.2) is 9.37 Å². The number of nitrogens with one attached hydrogen (secondary N) is 1. The minimum Gasteiger partial charge on any atom is -0.329 e. The number of nitrogens with zero attached hydrogens (tertiary/aromatic N) is 1. The van der Waals surface area contributed by atoms with E-state index in [1.165, 1.54) is 18.3 Å². The van der Waals surface area contributed by atoms with Crippen molar-refractivity contribution in [2.45, 2.75) is 6.18 Å². The summed E-state index contributed by atoms with van der Waals surface area (Å²) in [5.41, 5.74) is -0.526. The predicted molar refractivity (Wildman–Crippen MR) is 70.6 cm³/mol. The Kier molecular flexibility index (Phi) is 3.05. The molecule has 1 aromatic carbocycles. The van der Waals surface area contributed by atoms with Crippen molar-refractivity contribution in [2.24, 2.45) is 0 Å². The lowest BCUT2D eigenvalue weighted by atomic mass is 10.1. The van der Waals surface area contributed by atoms with Gasteiger partial charge in [0.25, 0.3) is 5.56 Å². The van der Waals surface area contributed by atoms with E-state index < -0.39 is 22.4 Å². The largest absolute Gasteiger partial charge is 0.427 e. The second-order valence-electron chi connectivity index (χ2n) is 4.25. The molecule has 0 saturated carbocycles. The Morgan fingerprint density at radius 3 is 2.67 bits per heavy atom. The van der Waals surface area contributed by atoms with Crippen LogP contribution in [0.5, 0.6) is 0 Å². The number of rotatable bonds is 1. The minimum atomic E-state index is -4.51. The number of aromatic nitrogens is 2. The van der Waals surface area contributed by atoms with Crippen LogP contribution in [0, 0.1) is 5.82 Å². The number of alkyl halides is 3. The van der Waals surface area contributed by atoms with Crippen molar-refractivity contribution in [2.75, 3.05) is 0 Å². The fourth-order valence-electron chi connectivity index (χ4n) is 1.90. The molecule has 0 unspecified atom stereocenters. The van der Waals surface area contributed by atoms with E-state index >= 15 is 0 Å². The zero-order valence-corrected chi connectivity index (χ0v) is 11.0. The predicted octanol–water partition coefficient (Wildman–Crippen LogP) is 3.81. The average molecular weight is 314 g/mol. The van der Waals surface area contributed by atoms with E-state index in [1.54, 1.807) is 0 Å². The molecule has 108 valence electrons. The van der Waals surface area contributed by atoms with Crippen molar-refractivity contribution in [3.8, 4) is 10.6 Å². The second kappa shape index (κ2) is 4.66. The number of halogens is 4. The standard InChI is InChI=1S/C13H6F4N2OS/c14-9-4-7-6(1-2-18-11(7)20)3-8(9)12-19-5-10(21-12)13(15,16)17/h1-5H,(H,18,20). The van der Waals surface area contributed by atoms with Crippen molar-refractivity contribution < 1.29 is 17.6 Å². The fourth-order valence-corrected chi connectivity index (χ4v) is 2.70. The smallest absolute Gasteiger partial charge is 0.329 e. The zero-order valence-electron chi connectivity index (χ0n) is 10.2. The highest BCUT2D eigenvalue weighted by molar-refractivity contribution is 7.15. The summed E-state index contributed by atoms with van der Waals surface area (Å²) in [4.78, 5) is 16.6. The van der Waals surface area contributed by atoms with Crippen molar-refractivity contribution in [1.82, 2.24) is 9.97 Å². The topological polar surface area (TPSA) is 45.8 Å². The second-order valence-corrected chi connectivity index (χ2v) is 5.28. The Balaban J connectivity index is 2.19. The molecule has 3 aromatic rings. The van der Waals surface area contributed by atoms with Gasteiger partial charge in [0, 0.05) is 17.1 Å². The molecule has 0 spiro atoms. The van der Waals surface area contributed by atoms with Crippen LogP contribution in [0.15, 0.2) is 35.4 Å². The van der Waals surface area contributed by atoms with Crippen LogP contribution in [0.3, 0.4) is 0 Å². The highest BCUT2D eigenvalue weighted by Gasteiger charge is 2.33. The molecule has 0 aliphatic carbocycles. The molecule has 3 nitrogen and oxygen atoms in total. The van der Waals surface area contributed by atoms with Crippen LogP contribution in [-0.4, -0.2) is 9.97 Å². The van der Waals surface area contributed by atoms with Crippen molar-refractivity contribution in [3.63, 3.8) is 0 Å². The first-order valence-electron chi connectivity index (χ1n) is 5.70. The van der Waals surface area contributed by atoms with Crippen molar-refractivity contribution in [1.29, 1.82) is 0 Å². The lowest BCUT2D eigenvalue weighted by Gasteiger charge is -2.03. The summed E-state index contributed by atoms with van der Waals surface area (Å²) in [6, 6.07) is 3.86. The Morgan fingerprint density at radius 2 is 2.00 bits per heavy atom. The fraction of sp³-hybridized carbons (Fsp3) is 0.0769. The van der Waals surface area contributed by atoms with Gasteiger partial charge in [-0.1, -0.05) is 0 Å². The first-order chi connectivity index (χ1) is 9.86. The number of fused-ring (bicyclic) bond motifs is 1. The zero-order chi connectivity index (χ0) is 15.2. The van der Waals surface area contributed by atoms with Gasteiger partial charge in [-0.15, -0.1) is 11.3 Å². The third kappa shape index (κ3) is 2.42. The molecular weight excluding hydrogens is 308 g/mol. The Morgan fingerprint density at radius 1 is 1.24 bits per heavy atom. The van der Waals surface area contributed by atoms with Crippen LogP contribution >= 0.6 is 11.3 Å². The van der Waals surface area contributed by atoms with Crippen LogP contribution in [0.2, 0.25) is 0 Å². The quantitative estimate of drug-likeness (QED) is 0.694. The van der Waals surface area contributed by atoms with Crippen LogP contribution in [0.4, 0.5) is 17.6 Å². The number of hydrogen-bond donors (Lipinski definition) is 1. The summed E-state index contributed by atoms with van der Waals surface area (Å²) in [6.45, 7) is 0. The van der Waals surface area contributed by atoms with E-state index in [1.807, 2.05) is 0 Å². The molecule has 0 radical (unpaired) electrons. The van der Waals surface area contributed by atoms with Gasteiger partial charge >= 0.3 is 6.18 Å². The molecule has 3 rings (SSSR count). The van der Waals surface area contributed by atoms with E-state index in [4.69, 9.17) is 0 Å². The maximum atomic E-state index is 14.0. The molecule has 0 saturated heterocycles. The van der Waals surface area contributed by atoms with Gasteiger partial charge in [-0.2, -0.15) is 13.2 Å². The monoisotopic (exact) mass is 314 g/mol. The van der Waals surface area contributed by atoms with Gasteiger partial charge in [0.2, 0.25) is 0 Å². The summed E-state index contributed by atoms with van der Waals surface area (Å²) < 4.78 is 51.7. The first-order valence-corrected chi connectivity index (χ1v) is 6.52. The molecule has 0 amide bonds. The maximum Gasteiger partial charge on any atom is 0.427 e. The molecule has 2 aromatic heterocycles. The summed E-state index contributed by atoms with van der Waals surface area (Å²) in [6.07, 6.45) is -2.46. The normalized spacial score (nSPS) is 12.0. The molecular formula is C13H6F4N2OS. The van der Waals surface area contributed by atoms with Gasteiger partial charge in [0.15, 0.2) is 0 Å². The van der Waals surface area contributed by atoms with Crippen LogP contribution in [0.1, 0.15) is 4.88 Å². The number of benzene rings is 1. The van der Waals surface area contributed by atoms with Crippen molar-refractivity contribution in [3.05, 3.63) is 51.6 Å². The summed E-state index contributed by atoms with van der Waals surface area (Å²) in [5.74, 6) is -0.790. The number of pyridine rings is 1. The maximum absolute atomic E-state index is 14.0. The van der Waals surface area contributed by atoms with E-state index in [0.717, 1.165) is 6.07 Å². The van der Waals surface area contributed by atoms with Crippen molar-refractivity contribution >= 4 is 22.1 Å². The molecule has 0 bridgehead atoms. The molecule has 0 aliphatic rings. The number of hydrogen-bond acceptors (Lipinski definition) is 3. The molecule has 21 heavy (non-hydrogen) atoms. The number of H-pyrrole nitrogens is 1.